The normalized spacial score (nSPS) is 17.2. The van der Waals surface area contributed by atoms with Gasteiger partial charge in [-0.25, -0.2) is 5.43 Å². The summed E-state index contributed by atoms with van der Waals surface area (Å²) >= 11 is 0. The molecule has 23 heavy (non-hydrogen) atoms. The lowest BCUT2D eigenvalue weighted by molar-refractivity contribution is -0.111. The molecule has 114 valence electrons. The van der Waals surface area contributed by atoms with Gasteiger partial charge in [0.1, 0.15) is 12.2 Å². The summed E-state index contributed by atoms with van der Waals surface area (Å²) in [4.78, 5) is 12.3. The van der Waals surface area contributed by atoms with Crippen molar-refractivity contribution in [2.45, 2.75) is 6.17 Å². The summed E-state index contributed by atoms with van der Waals surface area (Å²) in [5, 5.41) is 14.9. The number of nitriles is 1. The zero-order valence-electron chi connectivity index (χ0n) is 12.2. The van der Waals surface area contributed by atoms with E-state index in [4.69, 9.17) is 11.1 Å². The molecule has 0 fully saturated rings. The lowest BCUT2D eigenvalue weighted by Gasteiger charge is -2.10. The van der Waals surface area contributed by atoms with Crippen LogP contribution in [0.3, 0.4) is 0 Å². The van der Waals surface area contributed by atoms with Crippen LogP contribution < -0.4 is 21.9 Å². The quantitative estimate of drug-likeness (QED) is 0.392. The molecule has 0 radical (unpaired) electrons. The van der Waals surface area contributed by atoms with Crippen LogP contribution in [0.5, 0.6) is 0 Å². The summed E-state index contributed by atoms with van der Waals surface area (Å²) in [6.45, 7) is 0. The van der Waals surface area contributed by atoms with Gasteiger partial charge < -0.3 is 10.6 Å². The summed E-state index contributed by atoms with van der Waals surface area (Å²) in [7, 11) is 0. The van der Waals surface area contributed by atoms with E-state index in [1.54, 1.807) is 24.3 Å². The molecule has 0 aromatic heterocycles. The van der Waals surface area contributed by atoms with Crippen molar-refractivity contribution in [3.63, 3.8) is 0 Å². The van der Waals surface area contributed by atoms with Crippen molar-refractivity contribution in [2.75, 3.05) is 5.32 Å². The van der Waals surface area contributed by atoms with Gasteiger partial charge in [-0.1, -0.05) is 36.4 Å². The third kappa shape index (κ3) is 2.92. The number of fused-ring (bicyclic) bond motifs is 1. The maximum absolute atomic E-state index is 12.3. The van der Waals surface area contributed by atoms with Crippen LogP contribution in [0.4, 0.5) is 5.69 Å². The minimum atomic E-state index is -0.317. The Morgan fingerprint density at radius 2 is 1.96 bits per heavy atom. The topological polar surface area (TPSA) is 103 Å². The fourth-order valence-corrected chi connectivity index (χ4v) is 2.55. The average Bonchev–Trinajstić information content (AvgIpc) is 2.93. The van der Waals surface area contributed by atoms with Crippen molar-refractivity contribution in [1.82, 2.24) is 10.7 Å². The highest BCUT2D eigenvalue weighted by molar-refractivity contribution is 6.05. The Labute approximate surface area is 133 Å². The van der Waals surface area contributed by atoms with Crippen molar-refractivity contribution in [1.29, 1.82) is 5.26 Å². The minimum Gasteiger partial charge on any atom is -0.364 e. The molecule has 0 saturated carbocycles. The predicted octanol–water partition coefficient (Wildman–Crippen LogP) is 1.60. The highest BCUT2D eigenvalue weighted by Crippen LogP contribution is 2.30. The highest BCUT2D eigenvalue weighted by atomic mass is 16.1. The van der Waals surface area contributed by atoms with Gasteiger partial charge in [-0.05, 0) is 17.7 Å². The highest BCUT2D eigenvalue weighted by Gasteiger charge is 2.24. The fourth-order valence-electron chi connectivity index (χ4n) is 2.55. The number of hydrogen-bond donors (Lipinski definition) is 4. The summed E-state index contributed by atoms with van der Waals surface area (Å²) in [5.74, 6) is 5.21. The molecule has 2 aromatic carbocycles. The number of benzene rings is 2. The van der Waals surface area contributed by atoms with E-state index in [1.165, 1.54) is 6.08 Å². The predicted molar refractivity (Wildman–Crippen MR) is 87.4 cm³/mol. The Morgan fingerprint density at radius 3 is 2.74 bits per heavy atom. The molecule has 0 saturated heterocycles. The number of nitrogens with one attached hydrogen (secondary N) is 3. The summed E-state index contributed by atoms with van der Waals surface area (Å²) in [6.07, 6.45) is 1.22. The first kappa shape index (κ1) is 14.8. The first-order valence-electron chi connectivity index (χ1n) is 7.06. The molecule has 6 heteroatoms. The zero-order valence-corrected chi connectivity index (χ0v) is 12.2. The standard InChI is InChI=1S/C17H15N5O/c18-10-11-5-1-4-8-14(11)20-16(23)9-15-12-6-2-3-7-13(12)17(21-15)22-19/h1-9,17,21-22H,19H2,(H,20,23). The van der Waals surface area contributed by atoms with Crippen LogP contribution in [-0.4, -0.2) is 5.91 Å². The second kappa shape index (κ2) is 6.32. The van der Waals surface area contributed by atoms with E-state index in [2.05, 4.69) is 16.1 Å². The van der Waals surface area contributed by atoms with E-state index in [9.17, 15) is 4.79 Å². The van der Waals surface area contributed by atoms with Crippen molar-refractivity contribution < 1.29 is 4.79 Å². The SMILES string of the molecule is N#Cc1ccccc1NC(=O)C=C1NC(NN)c2ccccc21. The number of amides is 1. The van der Waals surface area contributed by atoms with Gasteiger partial charge in [-0.3, -0.25) is 10.6 Å². The minimum absolute atomic E-state index is 0.239. The molecule has 1 amide bonds. The molecule has 3 rings (SSSR count). The smallest absolute Gasteiger partial charge is 0.250 e. The zero-order chi connectivity index (χ0) is 16.2. The van der Waals surface area contributed by atoms with Gasteiger partial charge in [0.05, 0.1) is 11.3 Å². The lowest BCUT2D eigenvalue weighted by Crippen LogP contribution is -2.34. The number of carbonyl (C=O) groups is 1. The van der Waals surface area contributed by atoms with Crippen LogP contribution >= 0.6 is 0 Å². The molecule has 2 aromatic rings. The number of carbonyl (C=O) groups excluding carboxylic acids is 1. The van der Waals surface area contributed by atoms with Crippen LogP contribution in [-0.2, 0) is 4.79 Å². The van der Waals surface area contributed by atoms with Gasteiger partial charge in [0.25, 0.3) is 0 Å². The van der Waals surface area contributed by atoms with E-state index >= 15 is 0 Å². The molecule has 0 aliphatic carbocycles. The number of hydrazine groups is 1. The summed E-state index contributed by atoms with van der Waals surface area (Å²) < 4.78 is 0. The van der Waals surface area contributed by atoms with Crippen molar-refractivity contribution in [3.05, 3.63) is 71.3 Å². The van der Waals surface area contributed by atoms with Gasteiger partial charge in [0.2, 0.25) is 5.91 Å². The van der Waals surface area contributed by atoms with Crippen molar-refractivity contribution >= 4 is 17.3 Å². The number of nitrogens with zero attached hydrogens (tertiary/aromatic N) is 1. The summed E-state index contributed by atoms with van der Waals surface area (Å²) in [6, 6.07) is 16.6. The monoisotopic (exact) mass is 305 g/mol. The van der Waals surface area contributed by atoms with E-state index < -0.39 is 0 Å². The average molecular weight is 305 g/mol. The van der Waals surface area contributed by atoms with Crippen LogP contribution in [0.1, 0.15) is 22.9 Å². The van der Waals surface area contributed by atoms with Gasteiger partial charge in [0, 0.05) is 17.3 Å². The van der Waals surface area contributed by atoms with Crippen LogP contribution in [0.25, 0.3) is 5.70 Å². The number of hydrogen-bond acceptors (Lipinski definition) is 5. The van der Waals surface area contributed by atoms with Crippen molar-refractivity contribution in [3.8, 4) is 6.07 Å². The molecule has 1 heterocycles. The lowest BCUT2D eigenvalue weighted by atomic mass is 10.1. The second-order valence-corrected chi connectivity index (χ2v) is 5.04. The Balaban J connectivity index is 1.85. The summed E-state index contributed by atoms with van der Waals surface area (Å²) in [5.41, 5.74) is 6.14. The van der Waals surface area contributed by atoms with Crippen molar-refractivity contribution in [2.24, 2.45) is 5.84 Å². The molecule has 6 nitrogen and oxygen atoms in total. The first-order valence-corrected chi connectivity index (χ1v) is 7.06. The molecular formula is C17H15N5O. The third-order valence-corrected chi connectivity index (χ3v) is 3.61. The molecule has 1 aliphatic rings. The number of nitrogens with two attached hydrogens (primary N) is 1. The third-order valence-electron chi connectivity index (χ3n) is 3.61. The Hall–Kier alpha value is -3.14. The molecular weight excluding hydrogens is 290 g/mol. The molecule has 1 unspecified atom stereocenters. The van der Waals surface area contributed by atoms with Gasteiger partial charge in [-0.15, -0.1) is 0 Å². The van der Waals surface area contributed by atoms with Gasteiger partial charge in [-0.2, -0.15) is 5.26 Å². The first-order chi connectivity index (χ1) is 11.2. The Kier molecular flexibility index (Phi) is 4.06. The molecule has 0 spiro atoms. The van der Waals surface area contributed by atoms with E-state index in [0.717, 1.165) is 11.1 Å². The number of para-hydroxylation sites is 1. The second-order valence-electron chi connectivity index (χ2n) is 5.04. The maximum Gasteiger partial charge on any atom is 0.250 e. The fraction of sp³-hybridized carbons (Fsp3) is 0.0588. The van der Waals surface area contributed by atoms with E-state index in [-0.39, 0.29) is 12.1 Å². The molecule has 5 N–H and O–H groups in total. The van der Waals surface area contributed by atoms with E-state index in [1.807, 2.05) is 30.3 Å². The van der Waals surface area contributed by atoms with Crippen LogP contribution in [0.2, 0.25) is 0 Å². The molecule has 1 aliphatic heterocycles. The Bertz CT molecular complexity index is 822. The van der Waals surface area contributed by atoms with Crippen LogP contribution in [0, 0.1) is 11.3 Å². The van der Waals surface area contributed by atoms with Crippen LogP contribution in [0.15, 0.2) is 54.6 Å². The number of rotatable bonds is 3. The van der Waals surface area contributed by atoms with Gasteiger partial charge >= 0.3 is 0 Å². The molecule has 1 atom stereocenters. The number of anilines is 1. The molecule has 0 bridgehead atoms. The largest absolute Gasteiger partial charge is 0.364 e. The Morgan fingerprint density at radius 1 is 1.22 bits per heavy atom. The van der Waals surface area contributed by atoms with Gasteiger partial charge in [0.15, 0.2) is 0 Å². The maximum atomic E-state index is 12.3. The van der Waals surface area contributed by atoms with E-state index in [0.29, 0.717) is 16.9 Å².